The minimum atomic E-state index is 0.363. The summed E-state index contributed by atoms with van der Waals surface area (Å²) < 4.78 is 2.26. The summed E-state index contributed by atoms with van der Waals surface area (Å²) in [6, 6.07) is 2.09. The summed E-state index contributed by atoms with van der Waals surface area (Å²) in [5, 5.41) is 4.40. The quantitative estimate of drug-likeness (QED) is 0.533. The Morgan fingerprint density at radius 3 is 2.62 bits per heavy atom. The summed E-state index contributed by atoms with van der Waals surface area (Å²) >= 11 is 6.78. The predicted octanol–water partition coefficient (Wildman–Crippen LogP) is 3.55. The highest BCUT2D eigenvalue weighted by atomic mass is 79.9. The zero-order valence-corrected chi connectivity index (χ0v) is 8.09. The van der Waals surface area contributed by atoms with Crippen LogP contribution in [0.3, 0.4) is 0 Å². The van der Waals surface area contributed by atoms with Crippen molar-refractivity contribution in [3.8, 4) is 0 Å². The van der Waals surface area contributed by atoms with Crippen molar-refractivity contribution in [1.29, 1.82) is 0 Å². The van der Waals surface area contributed by atoms with E-state index in [1.807, 2.05) is 0 Å². The molecule has 0 saturated heterocycles. The van der Waals surface area contributed by atoms with E-state index < -0.39 is 0 Å². The number of thiophene rings is 1. The molecule has 1 rings (SSSR count). The van der Waals surface area contributed by atoms with E-state index in [-0.39, 0.29) is 0 Å². The molecular formula is C5H5Br2S+. The van der Waals surface area contributed by atoms with Gasteiger partial charge in [0.05, 0.1) is 4.47 Å². The predicted molar refractivity (Wildman–Crippen MR) is 45.5 cm³/mol. The second-order valence-electron chi connectivity index (χ2n) is 1.38. The highest BCUT2D eigenvalue weighted by Gasteiger charge is 2.00. The average molecular weight is 257 g/mol. The second-order valence-corrected chi connectivity index (χ2v) is 5.34. The fraction of sp³-hybridized carbons (Fsp3) is 0.200. The highest BCUT2D eigenvalue weighted by molar-refractivity contribution is 9.10. The molecule has 1 unspecified atom stereocenters. The molecule has 0 bridgehead atoms. The van der Waals surface area contributed by atoms with Crippen LogP contribution in [0, 0.1) is 0 Å². The second kappa shape index (κ2) is 2.99. The van der Waals surface area contributed by atoms with E-state index in [4.69, 9.17) is 0 Å². The van der Waals surface area contributed by atoms with Crippen LogP contribution in [0.1, 0.15) is 0 Å². The van der Waals surface area contributed by atoms with Crippen LogP contribution < -0.4 is 0 Å². The number of alkyl halides is 1. The smallest absolute Gasteiger partial charge is 0.0454 e. The molecule has 1 aromatic heterocycles. The molecule has 0 N–H and O–H groups in total. The van der Waals surface area contributed by atoms with Crippen molar-refractivity contribution in [2.24, 2.45) is 0 Å². The lowest BCUT2D eigenvalue weighted by Gasteiger charge is -1.69. The van der Waals surface area contributed by atoms with Crippen molar-refractivity contribution in [3.63, 3.8) is 0 Å². The van der Waals surface area contributed by atoms with Crippen LogP contribution in [0.5, 0.6) is 0 Å². The first-order valence-electron chi connectivity index (χ1n) is 2.13. The van der Waals surface area contributed by atoms with E-state index in [2.05, 4.69) is 48.7 Å². The number of rotatable bonds is 1. The van der Waals surface area contributed by atoms with Crippen molar-refractivity contribution in [1.82, 2.24) is 0 Å². The van der Waals surface area contributed by atoms with Crippen LogP contribution in [-0.4, -0.2) is 0 Å². The van der Waals surface area contributed by atoms with Gasteiger partial charge in [0.15, 0.2) is 10.0 Å². The molecule has 44 valence electrons. The third kappa shape index (κ3) is 1.57. The van der Waals surface area contributed by atoms with Gasteiger partial charge in [-0.25, -0.2) is 0 Å². The van der Waals surface area contributed by atoms with E-state index in [0.717, 1.165) is 4.66 Å². The van der Waals surface area contributed by atoms with Gasteiger partial charge >= 0.3 is 0 Å². The average Bonchev–Trinajstić information content (AvgIpc) is 2.14. The molecule has 3 heteroatoms. The van der Waals surface area contributed by atoms with E-state index in [9.17, 15) is 0 Å². The molecule has 0 aliphatic rings. The van der Waals surface area contributed by atoms with Gasteiger partial charge < -0.3 is 0 Å². The fourth-order valence-electron chi connectivity index (χ4n) is 0.443. The summed E-state index contributed by atoms with van der Waals surface area (Å²) in [6.45, 7) is 0. The Labute approximate surface area is 68.1 Å². The van der Waals surface area contributed by atoms with Gasteiger partial charge in [0.25, 0.3) is 0 Å². The van der Waals surface area contributed by atoms with Crippen molar-refractivity contribution >= 4 is 42.3 Å². The molecule has 0 aliphatic carbocycles. The van der Waals surface area contributed by atoms with Crippen LogP contribution in [0.4, 0.5) is 0 Å². The van der Waals surface area contributed by atoms with Gasteiger partial charge in [-0.15, -0.1) is 0 Å². The highest BCUT2D eigenvalue weighted by Crippen LogP contribution is 2.26. The SMILES string of the molecule is BrC[s+]1ccc(Br)c1. The summed E-state index contributed by atoms with van der Waals surface area (Å²) in [7, 11) is 0.363. The number of hydrogen-bond acceptors (Lipinski definition) is 0. The Bertz CT molecular complexity index is 171. The third-order valence-electron chi connectivity index (χ3n) is 0.792. The summed E-state index contributed by atoms with van der Waals surface area (Å²) in [6.07, 6.45) is 0. The van der Waals surface area contributed by atoms with Crippen LogP contribution in [0.25, 0.3) is 0 Å². The van der Waals surface area contributed by atoms with Crippen LogP contribution >= 0.6 is 42.3 Å². The summed E-state index contributed by atoms with van der Waals surface area (Å²) in [5.41, 5.74) is 0. The maximum Gasteiger partial charge on any atom is 0.181 e. The lowest BCUT2D eigenvalue weighted by atomic mass is 10.7. The van der Waals surface area contributed by atoms with Gasteiger partial charge in [-0.3, -0.25) is 0 Å². The van der Waals surface area contributed by atoms with Crippen LogP contribution in [0.15, 0.2) is 21.3 Å². The molecule has 8 heavy (non-hydrogen) atoms. The standard InChI is InChI=1S/C5H5Br2S/c6-4-8-2-1-5(7)3-8/h1-3H,4H2/q+1. The van der Waals surface area contributed by atoms with Crippen molar-refractivity contribution in [2.75, 3.05) is 0 Å². The van der Waals surface area contributed by atoms with Crippen LogP contribution in [-0.2, 0) is 4.66 Å². The minimum Gasteiger partial charge on any atom is -0.0454 e. The molecule has 0 aliphatic heterocycles. The third-order valence-corrected chi connectivity index (χ3v) is 4.47. The molecule has 0 radical (unpaired) electrons. The van der Waals surface area contributed by atoms with Gasteiger partial charge in [0.1, 0.15) is 5.38 Å². The van der Waals surface area contributed by atoms with Crippen molar-refractivity contribution in [3.05, 3.63) is 21.3 Å². The molecule has 1 aromatic rings. The number of hydrogen-bond donors (Lipinski definition) is 0. The molecular weight excluding hydrogens is 252 g/mol. The van der Waals surface area contributed by atoms with Gasteiger partial charge in [0.2, 0.25) is 0 Å². The van der Waals surface area contributed by atoms with Crippen molar-refractivity contribution < 1.29 is 0 Å². The first kappa shape index (κ1) is 6.78. The molecule has 1 atom stereocenters. The summed E-state index contributed by atoms with van der Waals surface area (Å²) in [5.74, 6) is 0. The van der Waals surface area contributed by atoms with E-state index in [1.54, 1.807) is 0 Å². The van der Waals surface area contributed by atoms with E-state index >= 15 is 0 Å². The largest absolute Gasteiger partial charge is 0.181 e. The van der Waals surface area contributed by atoms with E-state index in [0.29, 0.717) is 10.5 Å². The lowest BCUT2D eigenvalue weighted by Crippen LogP contribution is -1.45. The molecule has 0 amide bonds. The van der Waals surface area contributed by atoms with Gasteiger partial charge in [-0.2, -0.15) is 0 Å². The zero-order chi connectivity index (χ0) is 5.98. The molecule has 0 aromatic carbocycles. The molecule has 0 fully saturated rings. The molecule has 0 nitrogen and oxygen atoms in total. The maximum absolute atomic E-state index is 3.40. The van der Waals surface area contributed by atoms with Crippen molar-refractivity contribution in [2.45, 2.75) is 4.66 Å². The maximum atomic E-state index is 3.40. The Balaban J connectivity index is 2.84. The Hall–Kier alpha value is 0.660. The number of halogens is 2. The monoisotopic (exact) mass is 255 g/mol. The van der Waals surface area contributed by atoms with Gasteiger partial charge in [0, 0.05) is 6.07 Å². The van der Waals surface area contributed by atoms with Gasteiger partial charge in [-0.1, -0.05) is 0 Å². The first-order chi connectivity index (χ1) is 3.83. The minimum absolute atomic E-state index is 0.363. The Kier molecular flexibility index (Phi) is 2.53. The Morgan fingerprint density at radius 2 is 2.38 bits per heavy atom. The fourth-order valence-corrected chi connectivity index (χ4v) is 3.23. The normalized spacial score (nSPS) is 12.0. The first-order valence-corrected chi connectivity index (χ1v) is 5.56. The molecule has 0 saturated carbocycles. The molecule has 0 spiro atoms. The molecule has 1 heterocycles. The van der Waals surface area contributed by atoms with E-state index in [1.165, 1.54) is 4.47 Å². The zero-order valence-electron chi connectivity index (χ0n) is 4.10. The summed E-state index contributed by atoms with van der Waals surface area (Å²) in [4.78, 5) is 0. The lowest BCUT2D eigenvalue weighted by molar-refractivity contribution is 1.90. The van der Waals surface area contributed by atoms with Crippen LogP contribution in [0.2, 0.25) is 0 Å². The van der Waals surface area contributed by atoms with Gasteiger partial charge in [-0.05, 0) is 42.3 Å². The topological polar surface area (TPSA) is 0 Å². The Morgan fingerprint density at radius 1 is 1.62 bits per heavy atom.